The number of alkyl halides is 3. The summed E-state index contributed by atoms with van der Waals surface area (Å²) in [5.74, 6) is -0.472. The molecule has 0 aromatic heterocycles. The van der Waals surface area contributed by atoms with E-state index in [1.54, 1.807) is 13.0 Å². The molecule has 0 fully saturated rings. The zero-order chi connectivity index (χ0) is 12.9. The maximum Gasteiger partial charge on any atom is 0.389 e. The SMILES string of the molecule is CCNC(CCC(F)(F)F)c1ccccc1F. The lowest BCUT2D eigenvalue weighted by molar-refractivity contribution is -0.136. The van der Waals surface area contributed by atoms with Gasteiger partial charge in [0.2, 0.25) is 0 Å². The Morgan fingerprint density at radius 1 is 1.24 bits per heavy atom. The fraction of sp³-hybridized carbons (Fsp3) is 0.500. The molecule has 1 atom stereocenters. The Kier molecular flexibility index (Phi) is 4.93. The third kappa shape index (κ3) is 4.73. The van der Waals surface area contributed by atoms with Crippen molar-refractivity contribution in [3.63, 3.8) is 0 Å². The molecule has 0 aliphatic heterocycles. The Hall–Kier alpha value is -1.10. The minimum atomic E-state index is -4.21. The van der Waals surface area contributed by atoms with Gasteiger partial charge < -0.3 is 5.32 Å². The lowest BCUT2D eigenvalue weighted by atomic mass is 10.0. The monoisotopic (exact) mass is 249 g/mol. The highest BCUT2D eigenvalue weighted by Gasteiger charge is 2.29. The second kappa shape index (κ2) is 6.00. The fourth-order valence-electron chi connectivity index (χ4n) is 1.68. The van der Waals surface area contributed by atoms with Crippen molar-refractivity contribution in [3.8, 4) is 0 Å². The van der Waals surface area contributed by atoms with E-state index in [9.17, 15) is 17.6 Å². The third-order valence-corrected chi connectivity index (χ3v) is 2.45. The minimum Gasteiger partial charge on any atom is -0.310 e. The van der Waals surface area contributed by atoms with Crippen molar-refractivity contribution in [3.05, 3.63) is 35.6 Å². The van der Waals surface area contributed by atoms with Gasteiger partial charge in [-0.15, -0.1) is 0 Å². The van der Waals surface area contributed by atoms with Crippen molar-refractivity contribution in [1.29, 1.82) is 0 Å². The van der Waals surface area contributed by atoms with Crippen molar-refractivity contribution in [2.24, 2.45) is 0 Å². The molecule has 96 valence electrons. The molecule has 1 nitrogen and oxygen atoms in total. The average molecular weight is 249 g/mol. The summed E-state index contributed by atoms with van der Waals surface area (Å²) in [6, 6.07) is 5.32. The molecule has 0 spiro atoms. The van der Waals surface area contributed by atoms with Crippen LogP contribution in [0.4, 0.5) is 17.6 Å². The van der Waals surface area contributed by atoms with E-state index in [1.165, 1.54) is 18.2 Å². The second-order valence-electron chi connectivity index (χ2n) is 3.79. The molecule has 1 rings (SSSR count). The molecule has 0 saturated heterocycles. The van der Waals surface area contributed by atoms with E-state index in [2.05, 4.69) is 5.32 Å². The second-order valence-corrected chi connectivity index (χ2v) is 3.79. The summed E-state index contributed by atoms with van der Waals surface area (Å²) in [7, 11) is 0. The molecule has 0 radical (unpaired) electrons. The summed E-state index contributed by atoms with van der Waals surface area (Å²) < 4.78 is 49.9. The predicted molar refractivity (Wildman–Crippen MR) is 58.1 cm³/mol. The molecule has 1 aromatic rings. The molecule has 5 heteroatoms. The minimum absolute atomic E-state index is 0.154. The molecular weight excluding hydrogens is 234 g/mol. The highest BCUT2D eigenvalue weighted by Crippen LogP contribution is 2.28. The summed E-state index contributed by atoms with van der Waals surface area (Å²) in [6.45, 7) is 2.28. The van der Waals surface area contributed by atoms with Crippen molar-refractivity contribution < 1.29 is 17.6 Å². The zero-order valence-electron chi connectivity index (χ0n) is 9.52. The van der Waals surface area contributed by atoms with Crippen LogP contribution in [0, 0.1) is 5.82 Å². The van der Waals surface area contributed by atoms with Gasteiger partial charge in [0.1, 0.15) is 5.82 Å². The van der Waals surface area contributed by atoms with Crippen LogP contribution in [-0.4, -0.2) is 12.7 Å². The zero-order valence-corrected chi connectivity index (χ0v) is 9.52. The Balaban J connectivity index is 2.75. The lowest BCUT2D eigenvalue weighted by Crippen LogP contribution is -2.24. The molecule has 0 aliphatic rings. The van der Waals surface area contributed by atoms with Gasteiger partial charge in [0, 0.05) is 18.0 Å². The van der Waals surface area contributed by atoms with Gasteiger partial charge >= 0.3 is 6.18 Å². The molecule has 1 N–H and O–H groups in total. The lowest BCUT2D eigenvalue weighted by Gasteiger charge is -2.19. The number of rotatable bonds is 5. The van der Waals surface area contributed by atoms with Crippen molar-refractivity contribution in [1.82, 2.24) is 5.32 Å². The van der Waals surface area contributed by atoms with Crippen molar-refractivity contribution in [2.75, 3.05) is 6.54 Å². The Morgan fingerprint density at radius 3 is 2.41 bits per heavy atom. The number of hydrogen-bond donors (Lipinski definition) is 1. The molecule has 0 bridgehead atoms. The quantitative estimate of drug-likeness (QED) is 0.782. The maximum absolute atomic E-state index is 13.5. The van der Waals surface area contributed by atoms with E-state index in [0.29, 0.717) is 12.1 Å². The third-order valence-electron chi connectivity index (χ3n) is 2.45. The van der Waals surface area contributed by atoms with Crippen LogP contribution in [0.1, 0.15) is 31.4 Å². The Bertz CT molecular complexity index is 349. The van der Waals surface area contributed by atoms with Gasteiger partial charge in [-0.1, -0.05) is 25.1 Å². The van der Waals surface area contributed by atoms with Crippen LogP contribution in [0.2, 0.25) is 0 Å². The number of benzene rings is 1. The van der Waals surface area contributed by atoms with Crippen molar-refractivity contribution in [2.45, 2.75) is 32.0 Å². The first-order chi connectivity index (χ1) is 7.94. The summed E-state index contributed by atoms with van der Waals surface area (Å²) in [4.78, 5) is 0. The van der Waals surface area contributed by atoms with E-state index in [0.717, 1.165) is 0 Å². The van der Waals surface area contributed by atoms with Gasteiger partial charge in [0.25, 0.3) is 0 Å². The highest BCUT2D eigenvalue weighted by molar-refractivity contribution is 5.21. The normalized spacial score (nSPS) is 13.7. The molecule has 0 saturated carbocycles. The maximum atomic E-state index is 13.5. The van der Waals surface area contributed by atoms with Gasteiger partial charge in [-0.3, -0.25) is 0 Å². The van der Waals surface area contributed by atoms with E-state index >= 15 is 0 Å². The van der Waals surface area contributed by atoms with E-state index in [1.807, 2.05) is 0 Å². The van der Waals surface area contributed by atoms with E-state index < -0.39 is 24.5 Å². The predicted octanol–water partition coefficient (Wildman–Crippen LogP) is 3.82. The first kappa shape index (κ1) is 14.0. The van der Waals surface area contributed by atoms with Crippen LogP contribution in [0.5, 0.6) is 0 Å². The topological polar surface area (TPSA) is 12.0 Å². The molecule has 0 amide bonds. The Morgan fingerprint density at radius 2 is 1.88 bits per heavy atom. The average Bonchev–Trinajstić information content (AvgIpc) is 2.24. The molecule has 0 aliphatic carbocycles. The summed E-state index contributed by atoms with van der Waals surface area (Å²) in [6.07, 6.45) is -5.28. The molecule has 1 aromatic carbocycles. The Labute approximate surface area is 97.8 Å². The number of hydrogen-bond acceptors (Lipinski definition) is 1. The summed E-state index contributed by atoms with van der Waals surface area (Å²) in [5.41, 5.74) is 0.290. The van der Waals surface area contributed by atoms with Crippen LogP contribution in [-0.2, 0) is 0 Å². The first-order valence-corrected chi connectivity index (χ1v) is 5.48. The highest BCUT2D eigenvalue weighted by atomic mass is 19.4. The van der Waals surface area contributed by atoms with Gasteiger partial charge in [0.05, 0.1) is 0 Å². The molecule has 1 unspecified atom stereocenters. The van der Waals surface area contributed by atoms with Gasteiger partial charge in [-0.2, -0.15) is 13.2 Å². The molecular formula is C12H15F4N. The number of halogens is 4. The van der Waals surface area contributed by atoms with Crippen molar-refractivity contribution >= 4 is 0 Å². The number of nitrogens with one attached hydrogen (secondary N) is 1. The smallest absolute Gasteiger partial charge is 0.310 e. The van der Waals surface area contributed by atoms with Crippen LogP contribution in [0.3, 0.4) is 0 Å². The van der Waals surface area contributed by atoms with Crippen LogP contribution in [0.25, 0.3) is 0 Å². The standard InChI is InChI=1S/C12H15F4N/c1-2-17-11(7-8-12(14,15)16)9-5-3-4-6-10(9)13/h3-6,11,17H,2,7-8H2,1H3. The largest absolute Gasteiger partial charge is 0.389 e. The van der Waals surface area contributed by atoms with Gasteiger partial charge in [0.15, 0.2) is 0 Å². The van der Waals surface area contributed by atoms with Gasteiger partial charge in [-0.25, -0.2) is 4.39 Å². The first-order valence-electron chi connectivity index (χ1n) is 5.48. The molecule has 17 heavy (non-hydrogen) atoms. The summed E-state index contributed by atoms with van der Waals surface area (Å²) >= 11 is 0. The van der Waals surface area contributed by atoms with Crippen LogP contribution in [0.15, 0.2) is 24.3 Å². The fourth-order valence-corrected chi connectivity index (χ4v) is 1.68. The van der Waals surface area contributed by atoms with E-state index in [-0.39, 0.29) is 6.42 Å². The molecule has 0 heterocycles. The van der Waals surface area contributed by atoms with Crippen LogP contribution < -0.4 is 5.32 Å². The van der Waals surface area contributed by atoms with E-state index in [4.69, 9.17) is 0 Å². The van der Waals surface area contributed by atoms with Crippen LogP contribution >= 0.6 is 0 Å². The van der Waals surface area contributed by atoms with Gasteiger partial charge in [-0.05, 0) is 19.0 Å². The summed E-state index contributed by atoms with van der Waals surface area (Å²) in [5, 5.41) is 2.87.